The predicted octanol–water partition coefficient (Wildman–Crippen LogP) is 6.85. The number of carbonyl (C=O) groups excluding carboxylic acids is 2. The van der Waals surface area contributed by atoms with E-state index in [1.807, 2.05) is 67.6 Å². The van der Waals surface area contributed by atoms with Gasteiger partial charge in [-0.1, -0.05) is 59.6 Å². The van der Waals surface area contributed by atoms with Gasteiger partial charge in [-0.05, 0) is 74.2 Å². The number of aryl methyl sites for hydroxylation is 1. The minimum atomic E-state index is -0.439. The third kappa shape index (κ3) is 5.49. The second kappa shape index (κ2) is 10.1. The second-order valence-electron chi connectivity index (χ2n) is 7.56. The number of hydrogen-bond donors (Lipinski definition) is 1. The first kappa shape index (κ1) is 23.5. The van der Waals surface area contributed by atoms with Crippen molar-refractivity contribution in [1.82, 2.24) is 10.2 Å². The number of ether oxygens (including phenoxy) is 1. The molecular formula is C25H19Br2ClN2O3. The van der Waals surface area contributed by atoms with E-state index in [0.29, 0.717) is 26.3 Å². The summed E-state index contributed by atoms with van der Waals surface area (Å²) in [5, 5.41) is 3.30. The summed E-state index contributed by atoms with van der Waals surface area (Å²) in [5.74, 6) is 0.243. The van der Waals surface area contributed by atoms with Crippen molar-refractivity contribution >= 4 is 61.5 Å². The van der Waals surface area contributed by atoms with Crippen LogP contribution < -0.4 is 10.1 Å². The molecule has 0 radical (unpaired) electrons. The van der Waals surface area contributed by atoms with Crippen LogP contribution in [0.2, 0.25) is 5.02 Å². The van der Waals surface area contributed by atoms with Gasteiger partial charge in [-0.25, -0.2) is 4.79 Å². The van der Waals surface area contributed by atoms with E-state index in [0.717, 1.165) is 22.3 Å². The van der Waals surface area contributed by atoms with Crippen LogP contribution in [0.3, 0.4) is 0 Å². The van der Waals surface area contributed by atoms with Crippen molar-refractivity contribution in [2.24, 2.45) is 0 Å². The summed E-state index contributed by atoms with van der Waals surface area (Å²) in [6.45, 7) is 2.49. The predicted molar refractivity (Wildman–Crippen MR) is 136 cm³/mol. The molecule has 3 aromatic carbocycles. The molecule has 0 aliphatic carbocycles. The fraction of sp³-hybridized carbons (Fsp3) is 0.120. The van der Waals surface area contributed by atoms with E-state index >= 15 is 0 Å². The summed E-state index contributed by atoms with van der Waals surface area (Å²) in [7, 11) is 0. The van der Waals surface area contributed by atoms with Crippen LogP contribution in [0.1, 0.15) is 22.3 Å². The lowest BCUT2D eigenvalue weighted by molar-refractivity contribution is -0.123. The Hall–Kier alpha value is -2.61. The normalized spacial score (nSPS) is 14.7. The molecule has 3 amide bonds. The maximum Gasteiger partial charge on any atom is 0.329 e. The zero-order chi connectivity index (χ0) is 23.5. The van der Waals surface area contributed by atoms with Gasteiger partial charge in [0.05, 0.1) is 15.5 Å². The molecule has 0 spiro atoms. The van der Waals surface area contributed by atoms with E-state index in [1.165, 1.54) is 4.90 Å². The zero-order valence-electron chi connectivity index (χ0n) is 17.6. The van der Waals surface area contributed by atoms with Gasteiger partial charge in [0.25, 0.3) is 5.91 Å². The van der Waals surface area contributed by atoms with E-state index in [9.17, 15) is 9.59 Å². The molecule has 33 heavy (non-hydrogen) atoms. The van der Waals surface area contributed by atoms with E-state index in [2.05, 4.69) is 37.2 Å². The maximum absolute atomic E-state index is 12.9. The minimum Gasteiger partial charge on any atom is -0.486 e. The summed E-state index contributed by atoms with van der Waals surface area (Å²) in [4.78, 5) is 26.5. The Morgan fingerprint density at radius 1 is 1.03 bits per heavy atom. The number of benzene rings is 3. The Morgan fingerprint density at radius 2 is 1.76 bits per heavy atom. The summed E-state index contributed by atoms with van der Waals surface area (Å²) in [6.07, 6.45) is 1.64. The zero-order valence-corrected chi connectivity index (χ0v) is 21.5. The van der Waals surface area contributed by atoms with E-state index < -0.39 is 6.03 Å². The van der Waals surface area contributed by atoms with Crippen LogP contribution in [-0.4, -0.2) is 16.8 Å². The first-order valence-corrected chi connectivity index (χ1v) is 12.0. The number of carbonyl (C=O) groups is 2. The Morgan fingerprint density at radius 3 is 2.45 bits per heavy atom. The summed E-state index contributed by atoms with van der Waals surface area (Å²) >= 11 is 13.3. The molecule has 3 aromatic rings. The van der Waals surface area contributed by atoms with Crippen molar-refractivity contribution in [3.8, 4) is 5.75 Å². The lowest BCUT2D eigenvalue weighted by Gasteiger charge is -2.13. The average molecular weight is 591 g/mol. The Kier molecular flexibility index (Phi) is 7.22. The Labute approximate surface area is 213 Å². The highest BCUT2D eigenvalue weighted by molar-refractivity contribution is 9.11. The molecule has 1 aliphatic heterocycles. The highest BCUT2D eigenvalue weighted by atomic mass is 79.9. The smallest absolute Gasteiger partial charge is 0.329 e. The van der Waals surface area contributed by atoms with Crippen LogP contribution in [0.15, 0.2) is 75.3 Å². The third-order valence-corrected chi connectivity index (χ3v) is 6.59. The van der Waals surface area contributed by atoms with Gasteiger partial charge >= 0.3 is 6.03 Å². The van der Waals surface area contributed by atoms with Crippen molar-refractivity contribution in [3.05, 3.63) is 103 Å². The molecular weight excluding hydrogens is 572 g/mol. The Bertz CT molecular complexity index is 1250. The van der Waals surface area contributed by atoms with Gasteiger partial charge in [-0.15, -0.1) is 0 Å². The van der Waals surface area contributed by atoms with Crippen LogP contribution in [0.4, 0.5) is 4.79 Å². The molecule has 0 atom stereocenters. The number of rotatable bonds is 6. The number of halogens is 3. The van der Waals surface area contributed by atoms with E-state index in [1.54, 1.807) is 6.08 Å². The quantitative estimate of drug-likeness (QED) is 0.253. The number of imide groups is 1. The molecule has 8 heteroatoms. The molecule has 1 N–H and O–H groups in total. The molecule has 1 heterocycles. The standard InChI is InChI=1S/C25H19Br2ClN2O3/c1-15-5-4-6-16(9-15)13-30-24(31)22(29-25(30)32)12-17-10-19(26)23(20(27)11-17)33-14-18-7-2-3-8-21(18)28/h2-12H,13-14H2,1H3,(H,29,32)/b22-12+. The molecule has 1 aliphatic rings. The van der Waals surface area contributed by atoms with Gasteiger partial charge < -0.3 is 10.1 Å². The average Bonchev–Trinajstić information content (AvgIpc) is 3.02. The molecule has 0 bridgehead atoms. The number of amides is 3. The molecule has 168 valence electrons. The van der Waals surface area contributed by atoms with Gasteiger partial charge in [0.2, 0.25) is 0 Å². The van der Waals surface area contributed by atoms with Crippen molar-refractivity contribution < 1.29 is 14.3 Å². The van der Waals surface area contributed by atoms with Crippen molar-refractivity contribution in [1.29, 1.82) is 0 Å². The Balaban J connectivity index is 1.51. The van der Waals surface area contributed by atoms with Crippen LogP contribution >= 0.6 is 43.5 Å². The van der Waals surface area contributed by atoms with Crippen molar-refractivity contribution in [2.45, 2.75) is 20.1 Å². The third-order valence-electron chi connectivity index (χ3n) is 5.05. The highest BCUT2D eigenvalue weighted by Crippen LogP contribution is 2.36. The molecule has 4 rings (SSSR count). The molecule has 5 nitrogen and oxygen atoms in total. The van der Waals surface area contributed by atoms with Crippen molar-refractivity contribution in [3.63, 3.8) is 0 Å². The molecule has 0 saturated carbocycles. The number of hydrogen-bond acceptors (Lipinski definition) is 3. The minimum absolute atomic E-state index is 0.214. The second-order valence-corrected chi connectivity index (χ2v) is 9.68. The lowest BCUT2D eigenvalue weighted by atomic mass is 10.1. The maximum atomic E-state index is 12.9. The molecule has 0 aromatic heterocycles. The highest BCUT2D eigenvalue weighted by Gasteiger charge is 2.33. The molecule has 1 fully saturated rings. The van der Waals surface area contributed by atoms with E-state index in [4.69, 9.17) is 16.3 Å². The van der Waals surface area contributed by atoms with Crippen LogP contribution in [0.25, 0.3) is 6.08 Å². The largest absolute Gasteiger partial charge is 0.486 e. The van der Waals surface area contributed by atoms with Gasteiger partial charge in [-0.2, -0.15) is 0 Å². The lowest BCUT2D eigenvalue weighted by Crippen LogP contribution is -2.30. The monoisotopic (exact) mass is 588 g/mol. The molecule has 0 unspecified atom stereocenters. The molecule has 1 saturated heterocycles. The number of urea groups is 1. The fourth-order valence-electron chi connectivity index (χ4n) is 3.44. The number of nitrogens with one attached hydrogen (secondary N) is 1. The summed E-state index contributed by atoms with van der Waals surface area (Å²) < 4.78 is 7.34. The summed E-state index contributed by atoms with van der Waals surface area (Å²) in [6, 6.07) is 18.4. The van der Waals surface area contributed by atoms with Gasteiger partial charge in [0.1, 0.15) is 18.1 Å². The van der Waals surface area contributed by atoms with Gasteiger partial charge in [0, 0.05) is 10.6 Å². The van der Waals surface area contributed by atoms with Crippen LogP contribution in [-0.2, 0) is 17.9 Å². The van der Waals surface area contributed by atoms with E-state index in [-0.39, 0.29) is 18.1 Å². The van der Waals surface area contributed by atoms with Crippen LogP contribution in [0, 0.1) is 6.92 Å². The van der Waals surface area contributed by atoms with Gasteiger partial charge in [-0.3, -0.25) is 9.69 Å². The fourth-order valence-corrected chi connectivity index (χ4v) is 5.08. The topological polar surface area (TPSA) is 58.6 Å². The SMILES string of the molecule is Cc1cccc(CN2C(=O)N/C(=C/c3cc(Br)c(OCc4ccccc4Cl)c(Br)c3)C2=O)c1. The first-order valence-electron chi connectivity index (χ1n) is 10.1. The van der Waals surface area contributed by atoms with Gasteiger partial charge in [0.15, 0.2) is 0 Å². The first-order chi connectivity index (χ1) is 15.8. The van der Waals surface area contributed by atoms with Crippen LogP contribution in [0.5, 0.6) is 5.75 Å². The summed E-state index contributed by atoms with van der Waals surface area (Å²) in [5.41, 5.74) is 3.78. The van der Waals surface area contributed by atoms with Crippen molar-refractivity contribution in [2.75, 3.05) is 0 Å². The number of nitrogens with zero attached hydrogens (tertiary/aromatic N) is 1.